The number of hydrogen-bond acceptors (Lipinski definition) is 2. The van der Waals surface area contributed by atoms with Gasteiger partial charge in [0.2, 0.25) is 0 Å². The molecule has 1 aromatic heterocycles. The number of nitrogens with zero attached hydrogens (tertiary/aromatic N) is 1. The van der Waals surface area contributed by atoms with E-state index in [2.05, 4.69) is 17.6 Å². The summed E-state index contributed by atoms with van der Waals surface area (Å²) in [6.45, 7) is 3.11. The molecule has 0 N–H and O–H groups in total. The van der Waals surface area contributed by atoms with E-state index in [9.17, 15) is 4.79 Å². The molecular formula is C24H23NO2. The van der Waals surface area contributed by atoms with Crippen molar-refractivity contribution < 1.29 is 9.53 Å². The summed E-state index contributed by atoms with van der Waals surface area (Å²) in [7, 11) is 0. The van der Waals surface area contributed by atoms with Gasteiger partial charge in [-0.2, -0.15) is 0 Å². The maximum absolute atomic E-state index is 13.0. The molecule has 27 heavy (non-hydrogen) atoms. The predicted molar refractivity (Wildman–Crippen MR) is 110 cm³/mol. The smallest absolute Gasteiger partial charge is 0.345 e. The molecule has 0 aliphatic carbocycles. The summed E-state index contributed by atoms with van der Waals surface area (Å²) in [5.74, 6) is 0.290. The Bertz CT molecular complexity index is 1090. The lowest BCUT2D eigenvalue weighted by Gasteiger charge is -2.07. The number of ether oxygens (including phenoxy) is 1. The molecular weight excluding hydrogens is 334 g/mol. The second kappa shape index (κ2) is 7.67. The summed E-state index contributed by atoms with van der Waals surface area (Å²) in [5, 5.41) is 2.95. The van der Waals surface area contributed by atoms with Crippen LogP contribution in [0.1, 0.15) is 36.5 Å². The number of hydrogen-bond donors (Lipinski definition) is 0. The lowest BCUT2D eigenvalue weighted by Crippen LogP contribution is -2.08. The van der Waals surface area contributed by atoms with Crippen molar-refractivity contribution >= 4 is 27.6 Å². The Labute approximate surface area is 159 Å². The van der Waals surface area contributed by atoms with E-state index in [1.807, 2.05) is 66.9 Å². The van der Waals surface area contributed by atoms with Crippen LogP contribution in [0.3, 0.4) is 0 Å². The predicted octanol–water partition coefficient (Wildman–Crippen LogP) is 6.20. The normalized spacial score (nSPS) is 11.1. The molecule has 0 spiro atoms. The van der Waals surface area contributed by atoms with Crippen molar-refractivity contribution in [3.63, 3.8) is 0 Å². The fraction of sp³-hybridized carbons (Fsp3) is 0.208. The van der Waals surface area contributed by atoms with Gasteiger partial charge in [0.1, 0.15) is 5.75 Å². The van der Waals surface area contributed by atoms with Crippen LogP contribution in [0.25, 0.3) is 21.7 Å². The molecule has 0 saturated carbocycles. The van der Waals surface area contributed by atoms with E-state index in [1.54, 1.807) is 0 Å². The zero-order valence-electron chi connectivity index (χ0n) is 15.5. The summed E-state index contributed by atoms with van der Waals surface area (Å²) < 4.78 is 7.98. The molecule has 1 heterocycles. The van der Waals surface area contributed by atoms with Gasteiger partial charge in [-0.25, -0.2) is 4.79 Å². The minimum absolute atomic E-state index is 0.309. The van der Waals surface area contributed by atoms with Crippen molar-refractivity contribution in [2.75, 3.05) is 0 Å². The molecule has 3 heteroatoms. The highest BCUT2D eigenvalue weighted by molar-refractivity contribution is 6.06. The highest BCUT2D eigenvalue weighted by Gasteiger charge is 2.17. The molecule has 0 bridgehead atoms. The number of aryl methyl sites for hydroxylation is 1. The molecule has 4 rings (SSSR count). The fourth-order valence-electron chi connectivity index (χ4n) is 3.57. The maximum atomic E-state index is 13.0. The molecule has 3 aromatic carbocycles. The maximum Gasteiger partial charge on any atom is 0.345 e. The number of fused-ring (bicyclic) bond motifs is 2. The van der Waals surface area contributed by atoms with Crippen molar-refractivity contribution in [2.24, 2.45) is 0 Å². The van der Waals surface area contributed by atoms with Crippen LogP contribution >= 0.6 is 0 Å². The summed E-state index contributed by atoms with van der Waals surface area (Å²) in [6, 6.07) is 21.8. The summed E-state index contributed by atoms with van der Waals surface area (Å²) in [4.78, 5) is 13.0. The number of esters is 1. The zero-order valence-corrected chi connectivity index (χ0v) is 15.5. The van der Waals surface area contributed by atoms with Crippen LogP contribution in [0, 0.1) is 0 Å². The summed E-state index contributed by atoms with van der Waals surface area (Å²) >= 11 is 0. The van der Waals surface area contributed by atoms with Crippen LogP contribution in [0.5, 0.6) is 5.75 Å². The Hall–Kier alpha value is -3.07. The van der Waals surface area contributed by atoms with Crippen LogP contribution in [0.2, 0.25) is 0 Å². The van der Waals surface area contributed by atoms with E-state index in [1.165, 1.54) is 12.8 Å². The van der Waals surface area contributed by atoms with Crippen LogP contribution in [0.15, 0.2) is 72.9 Å². The molecule has 4 aromatic rings. The van der Waals surface area contributed by atoms with Gasteiger partial charge in [0.15, 0.2) is 0 Å². The first-order valence-electron chi connectivity index (χ1n) is 9.55. The Morgan fingerprint density at radius 3 is 2.48 bits per heavy atom. The van der Waals surface area contributed by atoms with Gasteiger partial charge in [-0.05, 0) is 23.9 Å². The van der Waals surface area contributed by atoms with Gasteiger partial charge < -0.3 is 9.30 Å². The van der Waals surface area contributed by atoms with Crippen LogP contribution in [-0.2, 0) is 6.54 Å². The number of unbranched alkanes of at least 4 members (excludes halogenated alkanes) is 2. The fourth-order valence-corrected chi connectivity index (χ4v) is 3.57. The van der Waals surface area contributed by atoms with Gasteiger partial charge in [0.05, 0.1) is 5.56 Å². The highest BCUT2D eigenvalue weighted by Crippen LogP contribution is 2.28. The lowest BCUT2D eigenvalue weighted by molar-refractivity contribution is 0.0739. The third-order valence-corrected chi connectivity index (χ3v) is 4.96. The average Bonchev–Trinajstić information content (AvgIpc) is 3.08. The van der Waals surface area contributed by atoms with Gasteiger partial charge >= 0.3 is 5.97 Å². The Kier molecular flexibility index (Phi) is 4.93. The second-order valence-electron chi connectivity index (χ2n) is 6.83. The van der Waals surface area contributed by atoms with Crippen molar-refractivity contribution in [2.45, 2.75) is 32.7 Å². The van der Waals surface area contributed by atoms with E-state index in [-0.39, 0.29) is 5.97 Å². The van der Waals surface area contributed by atoms with Gasteiger partial charge in [0, 0.05) is 29.0 Å². The van der Waals surface area contributed by atoms with Crippen molar-refractivity contribution in [3.8, 4) is 5.75 Å². The topological polar surface area (TPSA) is 31.2 Å². The third kappa shape index (κ3) is 3.45. The van der Waals surface area contributed by atoms with E-state index in [0.29, 0.717) is 11.3 Å². The second-order valence-corrected chi connectivity index (χ2v) is 6.83. The molecule has 0 atom stereocenters. The minimum Gasteiger partial charge on any atom is -0.422 e. The first kappa shape index (κ1) is 17.3. The first-order chi connectivity index (χ1) is 13.3. The molecule has 0 aliphatic rings. The molecule has 0 unspecified atom stereocenters. The number of para-hydroxylation sites is 1. The lowest BCUT2D eigenvalue weighted by atomic mass is 10.1. The Morgan fingerprint density at radius 2 is 1.63 bits per heavy atom. The third-order valence-electron chi connectivity index (χ3n) is 4.96. The largest absolute Gasteiger partial charge is 0.422 e. The van der Waals surface area contributed by atoms with Crippen LogP contribution in [0.4, 0.5) is 0 Å². The van der Waals surface area contributed by atoms with Gasteiger partial charge in [-0.3, -0.25) is 0 Å². The van der Waals surface area contributed by atoms with Gasteiger partial charge in [0.25, 0.3) is 0 Å². The van der Waals surface area contributed by atoms with E-state index in [4.69, 9.17) is 4.74 Å². The number of carbonyl (C=O) groups excluding carboxylic acids is 1. The monoisotopic (exact) mass is 357 g/mol. The van der Waals surface area contributed by atoms with Crippen molar-refractivity contribution in [1.29, 1.82) is 0 Å². The highest BCUT2D eigenvalue weighted by atomic mass is 16.5. The molecule has 3 nitrogen and oxygen atoms in total. The number of carbonyl (C=O) groups is 1. The quantitative estimate of drug-likeness (QED) is 0.233. The van der Waals surface area contributed by atoms with E-state index in [0.717, 1.165) is 34.6 Å². The number of aromatic nitrogens is 1. The number of rotatable bonds is 6. The van der Waals surface area contributed by atoms with Crippen LogP contribution < -0.4 is 4.74 Å². The van der Waals surface area contributed by atoms with E-state index < -0.39 is 0 Å². The van der Waals surface area contributed by atoms with Crippen molar-refractivity contribution in [3.05, 3.63) is 78.5 Å². The van der Waals surface area contributed by atoms with Crippen molar-refractivity contribution in [1.82, 2.24) is 4.57 Å². The molecule has 0 fully saturated rings. The van der Waals surface area contributed by atoms with Gasteiger partial charge in [-0.15, -0.1) is 0 Å². The average molecular weight is 357 g/mol. The Balaban J connectivity index is 1.68. The molecule has 0 amide bonds. The summed E-state index contributed by atoms with van der Waals surface area (Å²) in [6.07, 6.45) is 5.40. The minimum atomic E-state index is -0.309. The zero-order chi connectivity index (χ0) is 18.6. The first-order valence-corrected chi connectivity index (χ1v) is 9.55. The molecule has 0 saturated heterocycles. The molecule has 136 valence electrons. The van der Waals surface area contributed by atoms with Gasteiger partial charge in [-0.1, -0.05) is 74.4 Å². The van der Waals surface area contributed by atoms with Crippen LogP contribution in [-0.4, -0.2) is 10.5 Å². The standard InChI is InChI=1S/C24H23NO2/c1-2-3-8-16-25-17-21(20-13-6-7-14-22(20)25)24(26)27-23-15-9-11-18-10-4-5-12-19(18)23/h4-7,9-15,17H,2-3,8,16H2,1H3. The number of benzene rings is 3. The molecule has 0 radical (unpaired) electrons. The Morgan fingerprint density at radius 1 is 0.889 bits per heavy atom. The summed E-state index contributed by atoms with van der Waals surface area (Å²) in [5.41, 5.74) is 1.70. The molecule has 0 aliphatic heterocycles. The SMILES string of the molecule is CCCCCn1cc(C(=O)Oc2cccc3ccccc23)c2ccccc21. The van der Waals surface area contributed by atoms with E-state index >= 15 is 0 Å².